The number of aryl methyl sites for hydroxylation is 2. The maximum Gasteiger partial charge on any atom is 0.254 e. The van der Waals surface area contributed by atoms with Crippen molar-refractivity contribution in [3.8, 4) is 0 Å². The van der Waals surface area contributed by atoms with Crippen LogP contribution in [0.4, 0.5) is 0 Å². The molecule has 0 heterocycles. The van der Waals surface area contributed by atoms with E-state index >= 15 is 0 Å². The summed E-state index contributed by atoms with van der Waals surface area (Å²) in [7, 11) is 0. The molecule has 0 fully saturated rings. The Labute approximate surface area is 113 Å². The summed E-state index contributed by atoms with van der Waals surface area (Å²) < 4.78 is 0. The van der Waals surface area contributed by atoms with Crippen LogP contribution < -0.4 is 5.73 Å². The lowest BCUT2D eigenvalue weighted by molar-refractivity contribution is 0.0734. The van der Waals surface area contributed by atoms with E-state index in [1.807, 2.05) is 39.8 Å². The summed E-state index contributed by atoms with van der Waals surface area (Å²) in [6, 6.07) is 5.55. The molecule has 19 heavy (non-hydrogen) atoms. The first-order chi connectivity index (χ1) is 8.86. The number of benzene rings is 1. The summed E-state index contributed by atoms with van der Waals surface area (Å²) in [4.78, 5) is 14.0. The Hall–Kier alpha value is -2.04. The van der Waals surface area contributed by atoms with Crippen molar-refractivity contribution in [3.63, 3.8) is 0 Å². The summed E-state index contributed by atoms with van der Waals surface area (Å²) in [6.45, 7) is 7.86. The molecule has 0 radical (unpaired) electrons. The van der Waals surface area contributed by atoms with E-state index in [1.54, 1.807) is 11.0 Å². The number of rotatable bonds is 4. The highest BCUT2D eigenvalue weighted by Crippen LogP contribution is 2.13. The van der Waals surface area contributed by atoms with Crippen molar-refractivity contribution in [2.45, 2.75) is 33.7 Å². The Morgan fingerprint density at radius 3 is 2.47 bits per heavy atom. The number of hydrogen-bond donors (Lipinski definition) is 2. The molecule has 0 saturated carbocycles. The molecule has 0 bridgehead atoms. The summed E-state index contributed by atoms with van der Waals surface area (Å²) in [5.74, 6) is -0.101. The van der Waals surface area contributed by atoms with Gasteiger partial charge in [0.2, 0.25) is 0 Å². The van der Waals surface area contributed by atoms with Crippen LogP contribution in [0.15, 0.2) is 23.4 Å². The van der Waals surface area contributed by atoms with Crippen LogP contribution in [0.2, 0.25) is 0 Å². The van der Waals surface area contributed by atoms with Crippen molar-refractivity contribution < 1.29 is 10.0 Å². The second-order valence-corrected chi connectivity index (χ2v) is 4.92. The third-order valence-corrected chi connectivity index (χ3v) is 3.10. The Bertz CT molecular complexity index is 495. The maximum atomic E-state index is 12.4. The summed E-state index contributed by atoms with van der Waals surface area (Å²) in [6.07, 6.45) is 0. The largest absolute Gasteiger partial charge is 0.409 e. The fraction of sp³-hybridized carbons (Fsp3) is 0.429. The molecular weight excluding hydrogens is 242 g/mol. The standard InChI is InChI=1S/C14H21N3O2/c1-9(2)17(8-13(15)16-19)14(18)12-6-5-10(3)11(4)7-12/h5-7,9,19H,8H2,1-4H3,(H2,15,16). The second-order valence-electron chi connectivity index (χ2n) is 4.92. The van der Waals surface area contributed by atoms with Gasteiger partial charge in [0.15, 0.2) is 5.84 Å². The zero-order valence-corrected chi connectivity index (χ0v) is 11.8. The summed E-state index contributed by atoms with van der Waals surface area (Å²) >= 11 is 0. The van der Waals surface area contributed by atoms with E-state index in [0.717, 1.165) is 11.1 Å². The predicted molar refractivity (Wildman–Crippen MR) is 75.5 cm³/mol. The van der Waals surface area contributed by atoms with Gasteiger partial charge in [0, 0.05) is 11.6 Å². The molecule has 0 atom stereocenters. The van der Waals surface area contributed by atoms with Crippen LogP contribution in [-0.2, 0) is 0 Å². The maximum absolute atomic E-state index is 12.4. The lowest BCUT2D eigenvalue weighted by atomic mass is 10.1. The van der Waals surface area contributed by atoms with Crippen molar-refractivity contribution in [2.75, 3.05) is 6.54 Å². The Morgan fingerprint density at radius 1 is 1.37 bits per heavy atom. The smallest absolute Gasteiger partial charge is 0.254 e. The Balaban J connectivity index is 3.02. The number of hydrogen-bond acceptors (Lipinski definition) is 3. The van der Waals surface area contributed by atoms with E-state index in [2.05, 4.69) is 5.16 Å². The Morgan fingerprint density at radius 2 is 2.00 bits per heavy atom. The van der Waals surface area contributed by atoms with Crippen LogP contribution in [0.5, 0.6) is 0 Å². The van der Waals surface area contributed by atoms with Gasteiger partial charge in [-0.1, -0.05) is 11.2 Å². The van der Waals surface area contributed by atoms with Crippen LogP contribution in [0.25, 0.3) is 0 Å². The summed E-state index contributed by atoms with van der Waals surface area (Å²) in [5.41, 5.74) is 8.31. The normalized spacial score (nSPS) is 11.7. The first-order valence-corrected chi connectivity index (χ1v) is 6.21. The van der Waals surface area contributed by atoms with Crippen molar-refractivity contribution in [2.24, 2.45) is 10.9 Å². The zero-order chi connectivity index (χ0) is 14.6. The number of amidine groups is 1. The number of nitrogens with zero attached hydrogens (tertiary/aromatic N) is 2. The van der Waals surface area contributed by atoms with Gasteiger partial charge < -0.3 is 15.8 Å². The van der Waals surface area contributed by atoms with E-state index in [1.165, 1.54) is 0 Å². The predicted octanol–water partition coefficient (Wildman–Crippen LogP) is 1.90. The van der Waals surface area contributed by atoms with E-state index < -0.39 is 0 Å². The van der Waals surface area contributed by atoms with Gasteiger partial charge >= 0.3 is 0 Å². The van der Waals surface area contributed by atoms with Gasteiger partial charge in [0.05, 0.1) is 6.54 Å². The quantitative estimate of drug-likeness (QED) is 0.377. The molecular formula is C14H21N3O2. The lowest BCUT2D eigenvalue weighted by Crippen LogP contribution is -2.42. The average Bonchev–Trinajstić information content (AvgIpc) is 2.37. The lowest BCUT2D eigenvalue weighted by Gasteiger charge is -2.26. The van der Waals surface area contributed by atoms with Crippen LogP contribution >= 0.6 is 0 Å². The molecule has 0 saturated heterocycles. The van der Waals surface area contributed by atoms with E-state index in [4.69, 9.17) is 10.9 Å². The van der Waals surface area contributed by atoms with Gasteiger partial charge in [0.1, 0.15) is 0 Å². The topological polar surface area (TPSA) is 78.9 Å². The van der Waals surface area contributed by atoms with Gasteiger partial charge in [-0.3, -0.25) is 4.79 Å². The zero-order valence-electron chi connectivity index (χ0n) is 11.8. The first-order valence-electron chi connectivity index (χ1n) is 6.21. The molecule has 1 rings (SSSR count). The van der Waals surface area contributed by atoms with Crippen LogP contribution in [0, 0.1) is 13.8 Å². The molecule has 1 aromatic rings. The van der Waals surface area contributed by atoms with Crippen LogP contribution in [0.3, 0.4) is 0 Å². The first kappa shape index (κ1) is 15.0. The Kier molecular flexibility index (Phi) is 4.92. The monoisotopic (exact) mass is 263 g/mol. The van der Waals surface area contributed by atoms with E-state index in [0.29, 0.717) is 5.56 Å². The number of amides is 1. The molecule has 0 aliphatic heterocycles. The molecule has 5 nitrogen and oxygen atoms in total. The number of carbonyl (C=O) groups excluding carboxylic acids is 1. The van der Waals surface area contributed by atoms with Gasteiger partial charge in [-0.2, -0.15) is 0 Å². The minimum Gasteiger partial charge on any atom is -0.409 e. The molecule has 1 aromatic carbocycles. The van der Waals surface area contributed by atoms with Gasteiger partial charge in [-0.05, 0) is 51.0 Å². The summed E-state index contributed by atoms with van der Waals surface area (Å²) in [5, 5.41) is 11.5. The van der Waals surface area contributed by atoms with Crippen molar-refractivity contribution in [1.29, 1.82) is 0 Å². The fourth-order valence-electron chi connectivity index (χ4n) is 1.74. The van der Waals surface area contributed by atoms with Crippen molar-refractivity contribution in [1.82, 2.24) is 4.90 Å². The second kappa shape index (κ2) is 6.22. The van der Waals surface area contributed by atoms with Crippen molar-refractivity contribution >= 4 is 11.7 Å². The number of oxime groups is 1. The molecule has 1 amide bonds. The molecule has 104 valence electrons. The highest BCUT2D eigenvalue weighted by molar-refractivity contribution is 5.97. The molecule has 0 aliphatic carbocycles. The minimum absolute atomic E-state index is 0.0193. The van der Waals surface area contributed by atoms with Crippen LogP contribution in [0.1, 0.15) is 35.3 Å². The molecule has 0 aliphatic rings. The molecule has 0 spiro atoms. The van der Waals surface area contributed by atoms with Crippen molar-refractivity contribution in [3.05, 3.63) is 34.9 Å². The van der Waals surface area contributed by atoms with Gasteiger partial charge in [-0.15, -0.1) is 0 Å². The highest BCUT2D eigenvalue weighted by atomic mass is 16.4. The number of carbonyl (C=O) groups is 1. The van der Waals surface area contributed by atoms with E-state index in [9.17, 15) is 4.79 Å². The van der Waals surface area contributed by atoms with Crippen LogP contribution in [-0.4, -0.2) is 34.4 Å². The fourth-order valence-corrected chi connectivity index (χ4v) is 1.74. The highest BCUT2D eigenvalue weighted by Gasteiger charge is 2.20. The van der Waals surface area contributed by atoms with E-state index in [-0.39, 0.29) is 24.3 Å². The molecule has 5 heteroatoms. The minimum atomic E-state index is -0.121. The van der Waals surface area contributed by atoms with Gasteiger partial charge in [-0.25, -0.2) is 0 Å². The van der Waals surface area contributed by atoms with Gasteiger partial charge in [0.25, 0.3) is 5.91 Å². The SMILES string of the molecule is Cc1ccc(C(=O)N(CC(N)=NO)C(C)C)cc1C. The average molecular weight is 263 g/mol. The number of nitrogens with two attached hydrogens (primary N) is 1. The molecule has 0 unspecified atom stereocenters. The molecule has 3 N–H and O–H groups in total. The third kappa shape index (κ3) is 3.71. The third-order valence-electron chi connectivity index (χ3n) is 3.10. The molecule has 0 aromatic heterocycles.